The van der Waals surface area contributed by atoms with E-state index in [1.54, 1.807) is 18.4 Å². The lowest BCUT2D eigenvalue weighted by molar-refractivity contribution is 0.0651. The molecule has 2 aromatic rings. The highest BCUT2D eigenvalue weighted by Gasteiger charge is 2.21. The topological polar surface area (TPSA) is 25.6 Å². The zero-order chi connectivity index (χ0) is 15.4. The van der Waals surface area contributed by atoms with E-state index in [9.17, 15) is 4.39 Å². The van der Waals surface area contributed by atoms with Gasteiger partial charge >= 0.3 is 0 Å². The van der Waals surface area contributed by atoms with E-state index >= 15 is 0 Å². The smallest absolute Gasteiger partial charge is 0.129 e. The van der Waals surface area contributed by atoms with E-state index in [-0.39, 0.29) is 11.9 Å². The number of rotatable bonds is 6. The van der Waals surface area contributed by atoms with E-state index in [2.05, 4.69) is 4.90 Å². The van der Waals surface area contributed by atoms with Crippen molar-refractivity contribution >= 4 is 11.6 Å². The number of benzene rings is 1. The van der Waals surface area contributed by atoms with Gasteiger partial charge in [-0.25, -0.2) is 4.39 Å². The summed E-state index contributed by atoms with van der Waals surface area (Å²) in [6.07, 6.45) is 3.97. The van der Waals surface area contributed by atoms with Crippen LogP contribution in [0.1, 0.15) is 24.2 Å². The van der Waals surface area contributed by atoms with Crippen LogP contribution >= 0.6 is 11.6 Å². The Balaban J connectivity index is 1.74. The predicted octanol–water partition coefficient (Wildman–Crippen LogP) is 4.25. The zero-order valence-corrected chi connectivity index (χ0v) is 13.1. The highest BCUT2D eigenvalue weighted by Crippen LogP contribution is 2.23. The fourth-order valence-electron chi connectivity index (χ4n) is 2.79. The third-order valence-electron chi connectivity index (χ3n) is 3.89. The van der Waals surface area contributed by atoms with Crippen molar-refractivity contribution in [2.24, 2.45) is 0 Å². The molecular weight excluding hydrogens is 305 g/mol. The van der Waals surface area contributed by atoms with Gasteiger partial charge in [0.15, 0.2) is 0 Å². The van der Waals surface area contributed by atoms with Crippen LogP contribution in [0.15, 0.2) is 41.0 Å². The third-order valence-corrected chi connectivity index (χ3v) is 4.24. The Hall–Kier alpha value is -1.36. The molecule has 1 aliphatic heterocycles. The van der Waals surface area contributed by atoms with Crippen LogP contribution in [0.5, 0.6) is 0 Å². The minimum atomic E-state index is -0.274. The van der Waals surface area contributed by atoms with E-state index < -0.39 is 0 Å². The summed E-state index contributed by atoms with van der Waals surface area (Å²) >= 11 is 6.15. The molecule has 0 spiro atoms. The Bertz CT molecular complexity index is 576. The van der Waals surface area contributed by atoms with Crippen molar-refractivity contribution in [3.63, 3.8) is 0 Å². The molecule has 1 aromatic carbocycles. The van der Waals surface area contributed by atoms with Gasteiger partial charge in [0, 0.05) is 30.3 Å². The first-order valence-corrected chi connectivity index (χ1v) is 7.89. The summed E-state index contributed by atoms with van der Waals surface area (Å²) in [5.74, 6) is 0.578. The molecule has 118 valence electrons. The second kappa shape index (κ2) is 7.27. The van der Waals surface area contributed by atoms with E-state index in [0.29, 0.717) is 23.7 Å². The lowest BCUT2D eigenvalue weighted by atomic mass is 10.1. The maximum Gasteiger partial charge on any atom is 0.129 e. The molecule has 1 atom stereocenters. The molecule has 0 saturated carbocycles. The van der Waals surface area contributed by atoms with Crippen molar-refractivity contribution in [2.45, 2.75) is 32.0 Å². The average Bonchev–Trinajstić information content (AvgIpc) is 3.16. The van der Waals surface area contributed by atoms with Crippen molar-refractivity contribution in [2.75, 3.05) is 13.2 Å². The molecule has 1 fully saturated rings. The van der Waals surface area contributed by atoms with Gasteiger partial charge in [-0.1, -0.05) is 17.7 Å². The summed E-state index contributed by atoms with van der Waals surface area (Å²) in [5, 5.41) is 0.455. The zero-order valence-electron chi connectivity index (χ0n) is 12.3. The Morgan fingerprint density at radius 1 is 1.23 bits per heavy atom. The van der Waals surface area contributed by atoms with Crippen molar-refractivity contribution < 1.29 is 13.5 Å². The van der Waals surface area contributed by atoms with Gasteiger partial charge in [0.2, 0.25) is 0 Å². The van der Waals surface area contributed by atoms with Gasteiger partial charge in [0.1, 0.15) is 11.6 Å². The Kier molecular flexibility index (Phi) is 5.13. The first-order chi connectivity index (χ1) is 10.7. The van der Waals surface area contributed by atoms with Crippen LogP contribution in [-0.4, -0.2) is 24.2 Å². The van der Waals surface area contributed by atoms with Gasteiger partial charge in [0.25, 0.3) is 0 Å². The molecule has 3 rings (SSSR count). The van der Waals surface area contributed by atoms with E-state index in [4.69, 9.17) is 20.8 Å². The minimum Gasteiger partial charge on any atom is -0.468 e. The number of hydrogen-bond donors (Lipinski definition) is 0. The predicted molar refractivity (Wildman–Crippen MR) is 83.2 cm³/mol. The number of ether oxygens (including phenoxy) is 1. The highest BCUT2D eigenvalue weighted by molar-refractivity contribution is 6.31. The molecule has 2 heterocycles. The number of halogens is 2. The molecule has 0 aliphatic carbocycles. The van der Waals surface area contributed by atoms with Crippen molar-refractivity contribution in [1.29, 1.82) is 0 Å². The maximum absolute atomic E-state index is 14.0. The number of nitrogens with zero attached hydrogens (tertiary/aromatic N) is 1. The largest absolute Gasteiger partial charge is 0.468 e. The quantitative estimate of drug-likeness (QED) is 0.794. The van der Waals surface area contributed by atoms with E-state index in [1.165, 1.54) is 6.07 Å². The first kappa shape index (κ1) is 15.5. The molecule has 5 heteroatoms. The highest BCUT2D eigenvalue weighted by atomic mass is 35.5. The van der Waals surface area contributed by atoms with E-state index in [1.807, 2.05) is 12.1 Å². The average molecular weight is 324 g/mol. The van der Waals surface area contributed by atoms with Gasteiger partial charge in [-0.05, 0) is 37.1 Å². The van der Waals surface area contributed by atoms with Crippen molar-refractivity contribution in [3.05, 3.63) is 58.8 Å². The van der Waals surface area contributed by atoms with Crippen LogP contribution in [0.25, 0.3) is 0 Å². The lowest BCUT2D eigenvalue weighted by Crippen LogP contribution is -2.31. The molecule has 1 aromatic heterocycles. The maximum atomic E-state index is 14.0. The SMILES string of the molecule is Fc1cccc(Cl)c1CN(Cc1ccco1)CC1CCCO1. The summed E-state index contributed by atoms with van der Waals surface area (Å²) in [5.41, 5.74) is 0.522. The molecule has 0 bridgehead atoms. The Labute approximate surface area is 134 Å². The van der Waals surface area contributed by atoms with Crippen molar-refractivity contribution in [1.82, 2.24) is 4.90 Å². The Morgan fingerprint density at radius 2 is 2.14 bits per heavy atom. The van der Waals surface area contributed by atoms with Crippen LogP contribution in [0.4, 0.5) is 4.39 Å². The number of hydrogen-bond acceptors (Lipinski definition) is 3. The fourth-order valence-corrected chi connectivity index (χ4v) is 3.01. The van der Waals surface area contributed by atoms with Crippen LogP contribution in [0, 0.1) is 5.82 Å². The number of furan rings is 1. The first-order valence-electron chi connectivity index (χ1n) is 7.51. The van der Waals surface area contributed by atoms with Gasteiger partial charge in [0.05, 0.1) is 18.9 Å². The molecule has 22 heavy (non-hydrogen) atoms. The van der Waals surface area contributed by atoms with Gasteiger partial charge < -0.3 is 9.15 Å². The summed E-state index contributed by atoms with van der Waals surface area (Å²) in [7, 11) is 0. The van der Waals surface area contributed by atoms with Gasteiger partial charge in [-0.3, -0.25) is 4.90 Å². The molecule has 0 N–H and O–H groups in total. The Morgan fingerprint density at radius 3 is 2.82 bits per heavy atom. The summed E-state index contributed by atoms with van der Waals surface area (Å²) in [4.78, 5) is 2.12. The third kappa shape index (κ3) is 3.88. The van der Waals surface area contributed by atoms with Gasteiger partial charge in [-0.2, -0.15) is 0 Å². The molecule has 1 saturated heterocycles. The van der Waals surface area contributed by atoms with Crippen LogP contribution in [0.2, 0.25) is 5.02 Å². The summed E-state index contributed by atoms with van der Waals surface area (Å²) < 4.78 is 25.2. The second-order valence-electron chi connectivity index (χ2n) is 5.58. The molecule has 0 radical (unpaired) electrons. The van der Waals surface area contributed by atoms with Crippen LogP contribution < -0.4 is 0 Å². The monoisotopic (exact) mass is 323 g/mol. The summed E-state index contributed by atoms with van der Waals surface area (Å²) in [6.45, 7) is 2.59. The lowest BCUT2D eigenvalue weighted by Gasteiger charge is -2.25. The molecular formula is C17H19ClFNO2. The van der Waals surface area contributed by atoms with Crippen LogP contribution in [-0.2, 0) is 17.8 Å². The second-order valence-corrected chi connectivity index (χ2v) is 5.99. The fraction of sp³-hybridized carbons (Fsp3) is 0.412. The molecule has 0 amide bonds. The molecule has 1 aliphatic rings. The summed E-state index contributed by atoms with van der Waals surface area (Å²) in [6, 6.07) is 8.56. The minimum absolute atomic E-state index is 0.195. The molecule has 3 nitrogen and oxygen atoms in total. The van der Waals surface area contributed by atoms with Gasteiger partial charge in [-0.15, -0.1) is 0 Å². The van der Waals surface area contributed by atoms with Crippen molar-refractivity contribution in [3.8, 4) is 0 Å². The molecule has 1 unspecified atom stereocenters. The van der Waals surface area contributed by atoms with Crippen LogP contribution in [0.3, 0.4) is 0 Å². The standard InChI is InChI=1S/C17H19ClFNO2/c18-16-6-1-7-17(19)15(16)12-20(10-13-4-2-8-21-13)11-14-5-3-9-22-14/h1-2,4,6-8,14H,3,5,9-12H2. The van der Waals surface area contributed by atoms with E-state index in [0.717, 1.165) is 31.8 Å². The normalized spacial score (nSPS) is 18.2.